The maximum absolute atomic E-state index is 12.4. The van der Waals surface area contributed by atoms with E-state index in [4.69, 9.17) is 23.7 Å². The van der Waals surface area contributed by atoms with Gasteiger partial charge in [-0.3, -0.25) is 19.2 Å². The lowest BCUT2D eigenvalue weighted by Gasteiger charge is -2.24. The number of rotatable bonds is 12. The van der Waals surface area contributed by atoms with Gasteiger partial charge in [0.2, 0.25) is 0 Å². The molecule has 1 aliphatic rings. The number of hydrogen-bond donors (Lipinski definition) is 0. The molecule has 4 unspecified atom stereocenters. The molecular formula is C20H32O9. The molecule has 0 N–H and O–H groups in total. The Bertz CT molecular complexity index is 512. The van der Waals surface area contributed by atoms with Crippen LogP contribution in [0.1, 0.15) is 53.4 Å². The first-order valence-corrected chi connectivity index (χ1v) is 10.2. The van der Waals surface area contributed by atoms with Crippen molar-refractivity contribution in [3.05, 3.63) is 0 Å². The average molecular weight is 416 g/mol. The largest absolute Gasteiger partial charge is 0.466 e. The van der Waals surface area contributed by atoms with Gasteiger partial charge < -0.3 is 23.7 Å². The number of carbonyl (C=O) groups is 4. The van der Waals surface area contributed by atoms with E-state index in [2.05, 4.69) is 0 Å². The van der Waals surface area contributed by atoms with Crippen LogP contribution in [0.3, 0.4) is 0 Å². The quantitative estimate of drug-likeness (QED) is 0.347. The Kier molecular flexibility index (Phi) is 11.3. The lowest BCUT2D eigenvalue weighted by Crippen LogP contribution is -2.36. The zero-order valence-corrected chi connectivity index (χ0v) is 17.6. The molecule has 0 spiro atoms. The molecule has 1 aliphatic heterocycles. The minimum Gasteiger partial charge on any atom is -0.466 e. The Hall–Kier alpha value is -2.16. The van der Waals surface area contributed by atoms with Crippen molar-refractivity contribution in [3.8, 4) is 0 Å². The maximum Gasteiger partial charge on any atom is 0.312 e. The Morgan fingerprint density at radius 3 is 1.34 bits per heavy atom. The van der Waals surface area contributed by atoms with E-state index in [1.54, 1.807) is 27.7 Å². The highest BCUT2D eigenvalue weighted by molar-refractivity contribution is 5.81. The van der Waals surface area contributed by atoms with Gasteiger partial charge in [0.25, 0.3) is 0 Å². The van der Waals surface area contributed by atoms with Crippen LogP contribution < -0.4 is 0 Å². The van der Waals surface area contributed by atoms with Crippen LogP contribution in [0.25, 0.3) is 0 Å². The van der Waals surface area contributed by atoms with Gasteiger partial charge in [0.1, 0.15) is 0 Å². The Labute approximate surface area is 171 Å². The molecule has 0 saturated carbocycles. The van der Waals surface area contributed by atoms with Gasteiger partial charge in [-0.15, -0.1) is 0 Å². The average Bonchev–Trinajstić information content (AvgIpc) is 3.14. The van der Waals surface area contributed by atoms with Crippen LogP contribution in [-0.2, 0) is 42.9 Å². The van der Waals surface area contributed by atoms with Crippen molar-refractivity contribution >= 4 is 23.9 Å². The summed E-state index contributed by atoms with van der Waals surface area (Å²) in [5.74, 6) is -3.83. The standard InChI is InChI=1S/C20H32O9/c1-5-25-17(21)11-13(19(23)27-7-3)15-9-10-16(29-15)14(20(24)28-8-4)12-18(22)26-6-2/h13-16H,5-12H2,1-4H3. The van der Waals surface area contributed by atoms with Gasteiger partial charge in [-0.05, 0) is 40.5 Å². The second-order valence-electron chi connectivity index (χ2n) is 6.53. The fraction of sp³-hybridized carbons (Fsp3) is 0.800. The van der Waals surface area contributed by atoms with E-state index in [0.29, 0.717) is 12.8 Å². The molecule has 1 saturated heterocycles. The summed E-state index contributed by atoms with van der Waals surface area (Å²) in [5.41, 5.74) is 0. The Balaban J connectivity index is 2.90. The van der Waals surface area contributed by atoms with Crippen molar-refractivity contribution < 1.29 is 42.9 Å². The third-order valence-corrected chi connectivity index (χ3v) is 4.55. The summed E-state index contributed by atoms with van der Waals surface area (Å²) >= 11 is 0. The highest BCUT2D eigenvalue weighted by Crippen LogP contribution is 2.34. The normalized spacial score (nSPS) is 20.4. The van der Waals surface area contributed by atoms with Gasteiger partial charge in [0, 0.05) is 0 Å². The fourth-order valence-electron chi connectivity index (χ4n) is 3.31. The summed E-state index contributed by atoms with van der Waals surface area (Å²) in [6, 6.07) is 0. The van der Waals surface area contributed by atoms with Crippen molar-refractivity contribution in [3.63, 3.8) is 0 Å². The van der Waals surface area contributed by atoms with Gasteiger partial charge in [-0.25, -0.2) is 0 Å². The molecule has 9 nitrogen and oxygen atoms in total. The van der Waals surface area contributed by atoms with Crippen molar-refractivity contribution in [2.75, 3.05) is 26.4 Å². The molecule has 0 aromatic rings. The zero-order chi connectivity index (χ0) is 21.8. The lowest BCUT2D eigenvalue weighted by atomic mass is 9.93. The highest BCUT2D eigenvalue weighted by atomic mass is 16.6. The van der Waals surface area contributed by atoms with E-state index >= 15 is 0 Å². The number of hydrogen-bond acceptors (Lipinski definition) is 9. The molecule has 4 atom stereocenters. The molecular weight excluding hydrogens is 384 g/mol. The van der Waals surface area contributed by atoms with E-state index in [1.165, 1.54) is 0 Å². The molecule has 1 heterocycles. The molecule has 0 aromatic heterocycles. The number of ether oxygens (including phenoxy) is 5. The SMILES string of the molecule is CCOC(=O)CC(C(=O)OCC)C1CCC(C(CC(=O)OCC)C(=O)OCC)O1. The van der Waals surface area contributed by atoms with E-state index in [9.17, 15) is 19.2 Å². The number of carbonyl (C=O) groups excluding carboxylic acids is 4. The molecule has 29 heavy (non-hydrogen) atoms. The highest BCUT2D eigenvalue weighted by Gasteiger charge is 2.43. The molecule has 0 amide bonds. The molecule has 0 aromatic carbocycles. The number of esters is 4. The van der Waals surface area contributed by atoms with Gasteiger partial charge in [0.15, 0.2) is 0 Å². The van der Waals surface area contributed by atoms with Gasteiger partial charge in [0.05, 0.1) is 63.3 Å². The molecule has 0 aliphatic carbocycles. The van der Waals surface area contributed by atoms with Crippen LogP contribution >= 0.6 is 0 Å². The Morgan fingerprint density at radius 1 is 0.690 bits per heavy atom. The summed E-state index contributed by atoms with van der Waals surface area (Å²) in [4.78, 5) is 48.6. The molecule has 166 valence electrons. The van der Waals surface area contributed by atoms with Gasteiger partial charge >= 0.3 is 23.9 Å². The first-order chi connectivity index (χ1) is 13.9. The lowest BCUT2D eigenvalue weighted by molar-refractivity contribution is -0.165. The first kappa shape index (κ1) is 24.9. The molecule has 0 radical (unpaired) electrons. The van der Waals surface area contributed by atoms with Crippen LogP contribution in [0.2, 0.25) is 0 Å². The molecule has 0 bridgehead atoms. The fourth-order valence-corrected chi connectivity index (χ4v) is 3.31. The molecule has 1 rings (SSSR count). The van der Waals surface area contributed by atoms with Crippen molar-refractivity contribution in [2.24, 2.45) is 11.8 Å². The predicted molar refractivity (Wildman–Crippen MR) is 101 cm³/mol. The van der Waals surface area contributed by atoms with Crippen LogP contribution in [0.5, 0.6) is 0 Å². The van der Waals surface area contributed by atoms with E-state index in [1.807, 2.05) is 0 Å². The van der Waals surface area contributed by atoms with Crippen LogP contribution in [0.4, 0.5) is 0 Å². The second-order valence-corrected chi connectivity index (χ2v) is 6.53. The van der Waals surface area contributed by atoms with Gasteiger partial charge in [-0.2, -0.15) is 0 Å². The molecule has 1 fully saturated rings. The minimum atomic E-state index is -0.843. The summed E-state index contributed by atoms with van der Waals surface area (Å²) in [6.07, 6.45) is -0.721. The summed E-state index contributed by atoms with van der Waals surface area (Å²) in [7, 11) is 0. The smallest absolute Gasteiger partial charge is 0.312 e. The summed E-state index contributed by atoms with van der Waals surface area (Å²) in [6.45, 7) is 7.45. The topological polar surface area (TPSA) is 114 Å². The van der Waals surface area contributed by atoms with Crippen molar-refractivity contribution in [1.29, 1.82) is 0 Å². The molecule has 9 heteroatoms. The second kappa shape index (κ2) is 13.1. The third kappa shape index (κ3) is 8.00. The van der Waals surface area contributed by atoms with Crippen molar-refractivity contribution in [1.82, 2.24) is 0 Å². The summed E-state index contributed by atoms with van der Waals surface area (Å²) < 4.78 is 26.0. The monoisotopic (exact) mass is 416 g/mol. The van der Waals surface area contributed by atoms with Gasteiger partial charge in [-0.1, -0.05) is 0 Å². The summed E-state index contributed by atoms with van der Waals surface area (Å²) in [5, 5.41) is 0. The van der Waals surface area contributed by atoms with Crippen LogP contribution in [0.15, 0.2) is 0 Å². The third-order valence-electron chi connectivity index (χ3n) is 4.55. The van der Waals surface area contributed by atoms with E-state index in [-0.39, 0.29) is 39.3 Å². The Morgan fingerprint density at radius 2 is 1.03 bits per heavy atom. The van der Waals surface area contributed by atoms with Crippen LogP contribution in [-0.4, -0.2) is 62.5 Å². The maximum atomic E-state index is 12.4. The minimum absolute atomic E-state index is 0.169. The van der Waals surface area contributed by atoms with Crippen molar-refractivity contribution in [2.45, 2.75) is 65.6 Å². The van der Waals surface area contributed by atoms with Crippen LogP contribution in [0, 0.1) is 11.8 Å². The van der Waals surface area contributed by atoms with E-state index in [0.717, 1.165) is 0 Å². The van der Waals surface area contributed by atoms with E-state index < -0.39 is 47.9 Å². The predicted octanol–water partition coefficient (Wildman–Crippen LogP) is 1.80. The first-order valence-electron chi connectivity index (χ1n) is 10.2. The zero-order valence-electron chi connectivity index (χ0n) is 17.6.